The average Bonchev–Trinajstić information content (AvgIpc) is 2.38. The molecule has 3 N–H and O–H groups in total. The fraction of sp³-hybridized carbons (Fsp3) is 0.923. The van der Waals surface area contributed by atoms with E-state index < -0.39 is 6.04 Å². The van der Waals surface area contributed by atoms with Crippen molar-refractivity contribution in [1.29, 1.82) is 0 Å². The van der Waals surface area contributed by atoms with Crippen LogP contribution in [0, 0.1) is 5.92 Å². The molecular weight excluding hydrogens is 216 g/mol. The Bertz CT molecular complexity index is 271. The monoisotopic (exact) mass is 240 g/mol. The van der Waals surface area contributed by atoms with Crippen LogP contribution in [0.25, 0.3) is 0 Å². The number of likely N-dealkylation sites (N-methyl/N-ethyl adjacent to an activating group) is 1. The molecule has 1 amide bonds. The van der Waals surface area contributed by atoms with E-state index >= 15 is 0 Å². The Morgan fingerprint density at radius 1 is 1.35 bits per heavy atom. The van der Waals surface area contributed by atoms with Gasteiger partial charge in [0, 0.05) is 7.05 Å². The van der Waals surface area contributed by atoms with Gasteiger partial charge in [-0.2, -0.15) is 0 Å². The maximum atomic E-state index is 11.5. The number of fused-ring (bicyclic) bond motifs is 3. The molecule has 4 heteroatoms. The van der Waals surface area contributed by atoms with Gasteiger partial charge in [0.05, 0.1) is 11.7 Å². The first kappa shape index (κ1) is 12.8. The predicted molar refractivity (Wildman–Crippen MR) is 66.5 cm³/mol. The van der Waals surface area contributed by atoms with Gasteiger partial charge in [0.15, 0.2) is 0 Å². The van der Waals surface area contributed by atoms with Crippen LogP contribution in [-0.4, -0.2) is 30.7 Å². The minimum Gasteiger partial charge on any atom is -0.370 e. The van der Waals surface area contributed by atoms with Crippen LogP contribution in [0.4, 0.5) is 0 Å². The van der Waals surface area contributed by atoms with Gasteiger partial charge in [-0.1, -0.05) is 0 Å². The van der Waals surface area contributed by atoms with Gasteiger partial charge in [-0.3, -0.25) is 4.79 Å². The Morgan fingerprint density at radius 2 is 1.88 bits per heavy atom. The van der Waals surface area contributed by atoms with E-state index in [-0.39, 0.29) is 17.6 Å². The second kappa shape index (κ2) is 4.94. The Hall–Kier alpha value is -0.610. The molecular formula is C13H24N2O2. The minimum absolute atomic E-state index is 0.0137. The molecule has 0 aromatic carbocycles. The van der Waals surface area contributed by atoms with E-state index in [2.05, 4.69) is 5.32 Å². The van der Waals surface area contributed by atoms with Crippen LogP contribution in [0.2, 0.25) is 0 Å². The molecule has 4 nitrogen and oxygen atoms in total. The molecule has 3 aliphatic carbocycles. The van der Waals surface area contributed by atoms with Gasteiger partial charge < -0.3 is 15.8 Å². The van der Waals surface area contributed by atoms with Crippen molar-refractivity contribution >= 4 is 5.91 Å². The lowest BCUT2D eigenvalue weighted by Crippen LogP contribution is -2.52. The number of carbonyl (C=O) groups excluding carboxylic acids is 1. The number of nitrogens with two attached hydrogens (primary N) is 1. The van der Waals surface area contributed by atoms with Crippen molar-refractivity contribution in [3.05, 3.63) is 0 Å². The molecule has 0 spiro atoms. The van der Waals surface area contributed by atoms with E-state index in [1.165, 1.54) is 19.3 Å². The molecule has 0 heterocycles. The Labute approximate surface area is 103 Å². The maximum Gasteiger partial charge on any atom is 0.239 e. The summed E-state index contributed by atoms with van der Waals surface area (Å²) in [4.78, 5) is 11.5. The second-order valence-electron chi connectivity index (χ2n) is 5.63. The molecule has 3 saturated carbocycles. The third-order valence-electron chi connectivity index (χ3n) is 4.52. The molecule has 0 radical (unpaired) electrons. The molecule has 17 heavy (non-hydrogen) atoms. The number of hydrogen-bond acceptors (Lipinski definition) is 3. The highest BCUT2D eigenvalue weighted by molar-refractivity contribution is 5.81. The SMILES string of the molecule is CNC(=O)[C@@H](N)[C@@H](C)OC12CCC(CC1)CC2. The lowest BCUT2D eigenvalue weighted by atomic mass is 9.67. The van der Waals surface area contributed by atoms with Crippen LogP contribution in [-0.2, 0) is 9.53 Å². The summed E-state index contributed by atoms with van der Waals surface area (Å²) in [6.45, 7) is 1.91. The fourth-order valence-electron chi connectivity index (χ4n) is 3.23. The number of ether oxygens (including phenoxy) is 1. The Balaban J connectivity index is 1.93. The van der Waals surface area contributed by atoms with Crippen molar-refractivity contribution in [2.45, 2.75) is 63.2 Å². The van der Waals surface area contributed by atoms with E-state index in [9.17, 15) is 4.79 Å². The summed E-state index contributed by atoms with van der Waals surface area (Å²) >= 11 is 0. The smallest absolute Gasteiger partial charge is 0.239 e. The Morgan fingerprint density at radius 3 is 2.35 bits per heavy atom. The molecule has 98 valence electrons. The van der Waals surface area contributed by atoms with Crippen LogP contribution in [0.3, 0.4) is 0 Å². The van der Waals surface area contributed by atoms with E-state index in [1.807, 2.05) is 6.92 Å². The van der Waals surface area contributed by atoms with Crippen LogP contribution in [0.1, 0.15) is 45.4 Å². The van der Waals surface area contributed by atoms with Crippen LogP contribution < -0.4 is 11.1 Å². The van der Waals surface area contributed by atoms with Gasteiger partial charge in [0.2, 0.25) is 5.91 Å². The topological polar surface area (TPSA) is 64.4 Å². The second-order valence-corrected chi connectivity index (χ2v) is 5.63. The first-order valence-corrected chi connectivity index (χ1v) is 6.71. The molecule has 0 aromatic heterocycles. The third kappa shape index (κ3) is 2.63. The standard InChI is InChI=1S/C13H24N2O2/c1-9(11(14)12(16)15-2)17-13-6-3-10(4-7-13)5-8-13/h9-11H,3-8,14H2,1-2H3,(H,15,16)/t9-,10?,11+,13?/m1/s1. The van der Waals surface area contributed by atoms with Gasteiger partial charge in [0.1, 0.15) is 6.04 Å². The number of amides is 1. The van der Waals surface area contributed by atoms with Crippen LogP contribution in [0.5, 0.6) is 0 Å². The van der Waals surface area contributed by atoms with Crippen molar-refractivity contribution in [2.24, 2.45) is 11.7 Å². The van der Waals surface area contributed by atoms with Crippen molar-refractivity contribution < 1.29 is 9.53 Å². The molecule has 3 fully saturated rings. The molecule has 2 bridgehead atoms. The summed E-state index contributed by atoms with van der Waals surface area (Å²) in [6, 6.07) is -0.561. The zero-order valence-corrected chi connectivity index (χ0v) is 10.9. The highest BCUT2D eigenvalue weighted by atomic mass is 16.5. The summed E-state index contributed by atoms with van der Waals surface area (Å²) < 4.78 is 6.16. The third-order valence-corrected chi connectivity index (χ3v) is 4.52. The summed E-state index contributed by atoms with van der Waals surface area (Å²) in [7, 11) is 1.61. The molecule has 3 aliphatic rings. The fourth-order valence-corrected chi connectivity index (χ4v) is 3.23. The van der Waals surface area contributed by atoms with Crippen molar-refractivity contribution in [3.63, 3.8) is 0 Å². The summed E-state index contributed by atoms with van der Waals surface area (Å²) in [5.41, 5.74) is 5.89. The molecule has 2 atom stereocenters. The number of rotatable bonds is 4. The molecule has 0 saturated heterocycles. The van der Waals surface area contributed by atoms with Crippen LogP contribution in [0.15, 0.2) is 0 Å². The Kier molecular flexibility index (Phi) is 3.73. The van der Waals surface area contributed by atoms with Gasteiger partial charge in [-0.25, -0.2) is 0 Å². The van der Waals surface area contributed by atoms with E-state index in [4.69, 9.17) is 10.5 Å². The van der Waals surface area contributed by atoms with Crippen molar-refractivity contribution in [3.8, 4) is 0 Å². The first-order chi connectivity index (χ1) is 8.06. The van der Waals surface area contributed by atoms with Gasteiger partial charge in [0.25, 0.3) is 0 Å². The van der Waals surface area contributed by atoms with Crippen molar-refractivity contribution in [1.82, 2.24) is 5.32 Å². The summed E-state index contributed by atoms with van der Waals surface area (Å²) in [5.74, 6) is 0.779. The van der Waals surface area contributed by atoms with Gasteiger partial charge in [-0.15, -0.1) is 0 Å². The highest BCUT2D eigenvalue weighted by Crippen LogP contribution is 2.46. The zero-order valence-electron chi connectivity index (χ0n) is 10.9. The van der Waals surface area contributed by atoms with Crippen LogP contribution >= 0.6 is 0 Å². The van der Waals surface area contributed by atoms with Gasteiger partial charge >= 0.3 is 0 Å². The molecule has 0 aliphatic heterocycles. The molecule has 0 unspecified atom stereocenters. The van der Waals surface area contributed by atoms with E-state index in [0.717, 1.165) is 25.2 Å². The molecule has 0 aromatic rings. The van der Waals surface area contributed by atoms with E-state index in [0.29, 0.717) is 0 Å². The van der Waals surface area contributed by atoms with Crippen molar-refractivity contribution in [2.75, 3.05) is 7.05 Å². The lowest BCUT2D eigenvalue weighted by Gasteiger charge is -2.47. The number of nitrogens with one attached hydrogen (secondary N) is 1. The lowest BCUT2D eigenvalue weighted by molar-refractivity contribution is -0.153. The molecule has 3 rings (SSSR count). The number of hydrogen-bond donors (Lipinski definition) is 2. The minimum atomic E-state index is -0.561. The quantitative estimate of drug-likeness (QED) is 0.775. The predicted octanol–water partition coefficient (Wildman–Crippen LogP) is 1.19. The normalized spacial score (nSPS) is 35.4. The summed E-state index contributed by atoms with van der Waals surface area (Å²) in [6.07, 6.45) is 7.06. The average molecular weight is 240 g/mol. The largest absolute Gasteiger partial charge is 0.370 e. The maximum absolute atomic E-state index is 11.5. The zero-order chi connectivity index (χ0) is 12.5. The first-order valence-electron chi connectivity index (χ1n) is 6.71. The van der Waals surface area contributed by atoms with E-state index in [1.54, 1.807) is 7.05 Å². The summed E-state index contributed by atoms with van der Waals surface area (Å²) in [5, 5.41) is 2.58. The number of carbonyl (C=O) groups is 1. The van der Waals surface area contributed by atoms with Gasteiger partial charge in [-0.05, 0) is 51.4 Å². The highest BCUT2D eigenvalue weighted by Gasteiger charge is 2.43.